The Kier molecular flexibility index (Phi) is 5.85. The molecule has 0 bridgehead atoms. The van der Waals surface area contributed by atoms with E-state index in [1.54, 1.807) is 0 Å². The highest BCUT2D eigenvalue weighted by molar-refractivity contribution is 4.97. The van der Waals surface area contributed by atoms with Gasteiger partial charge in [0.05, 0.1) is 0 Å². The topological polar surface area (TPSA) is 3.24 Å². The van der Waals surface area contributed by atoms with Gasteiger partial charge in [-0.25, -0.2) is 0 Å². The van der Waals surface area contributed by atoms with E-state index < -0.39 is 0 Å². The lowest BCUT2D eigenvalue weighted by Gasteiger charge is -2.26. The van der Waals surface area contributed by atoms with Gasteiger partial charge in [-0.1, -0.05) is 33.8 Å². The molecule has 0 aliphatic rings. The zero-order valence-electron chi connectivity index (χ0n) is 9.93. The SMILES string of the molecule is C=C(C(CC)CC(C)CC)N(C)C. The molecule has 0 aliphatic heterocycles. The molecule has 78 valence electrons. The van der Waals surface area contributed by atoms with Crippen LogP contribution < -0.4 is 0 Å². The Morgan fingerprint density at radius 3 is 2.08 bits per heavy atom. The van der Waals surface area contributed by atoms with Gasteiger partial charge in [-0.05, 0) is 24.7 Å². The molecule has 0 aliphatic carbocycles. The molecule has 0 radical (unpaired) electrons. The molecule has 0 rings (SSSR count). The fourth-order valence-corrected chi connectivity index (χ4v) is 1.56. The average Bonchev–Trinajstić information content (AvgIpc) is 2.12. The molecule has 0 heterocycles. The Hall–Kier alpha value is -0.460. The smallest absolute Gasteiger partial charge is 0.00859 e. The monoisotopic (exact) mass is 183 g/mol. The van der Waals surface area contributed by atoms with Crippen molar-refractivity contribution in [2.75, 3.05) is 14.1 Å². The van der Waals surface area contributed by atoms with Crippen molar-refractivity contribution in [3.8, 4) is 0 Å². The predicted molar refractivity (Wildman–Crippen MR) is 60.7 cm³/mol. The lowest BCUT2D eigenvalue weighted by Crippen LogP contribution is -2.19. The minimum absolute atomic E-state index is 0.671. The van der Waals surface area contributed by atoms with Crippen LogP contribution in [0.2, 0.25) is 0 Å². The molecule has 0 aromatic rings. The van der Waals surface area contributed by atoms with Gasteiger partial charge in [0.1, 0.15) is 0 Å². The van der Waals surface area contributed by atoms with Gasteiger partial charge in [-0.15, -0.1) is 0 Å². The maximum absolute atomic E-state index is 4.14. The second-order valence-electron chi connectivity index (χ2n) is 4.24. The normalized spacial score (nSPS) is 15.2. The van der Waals surface area contributed by atoms with Crippen LogP contribution in [0.25, 0.3) is 0 Å². The summed E-state index contributed by atoms with van der Waals surface area (Å²) in [6.07, 6.45) is 3.77. The van der Waals surface area contributed by atoms with E-state index in [2.05, 4.69) is 46.3 Å². The zero-order valence-corrected chi connectivity index (χ0v) is 9.93. The number of hydrogen-bond donors (Lipinski definition) is 0. The molecule has 0 amide bonds. The first-order chi connectivity index (χ1) is 6.02. The summed E-state index contributed by atoms with van der Waals surface area (Å²) < 4.78 is 0. The zero-order chi connectivity index (χ0) is 10.4. The molecule has 1 nitrogen and oxygen atoms in total. The fourth-order valence-electron chi connectivity index (χ4n) is 1.56. The summed E-state index contributed by atoms with van der Waals surface area (Å²) in [5.41, 5.74) is 1.28. The van der Waals surface area contributed by atoms with E-state index in [-0.39, 0.29) is 0 Å². The van der Waals surface area contributed by atoms with Crippen LogP contribution in [0.5, 0.6) is 0 Å². The van der Waals surface area contributed by atoms with Crippen LogP contribution in [0.3, 0.4) is 0 Å². The first-order valence-corrected chi connectivity index (χ1v) is 5.38. The summed E-state index contributed by atoms with van der Waals surface area (Å²) in [5.74, 6) is 1.49. The largest absolute Gasteiger partial charge is 0.381 e. The first-order valence-electron chi connectivity index (χ1n) is 5.38. The summed E-state index contributed by atoms with van der Waals surface area (Å²) in [7, 11) is 4.17. The van der Waals surface area contributed by atoms with Crippen molar-refractivity contribution in [1.82, 2.24) is 4.90 Å². The van der Waals surface area contributed by atoms with E-state index in [4.69, 9.17) is 0 Å². The third kappa shape index (κ3) is 4.35. The van der Waals surface area contributed by atoms with Crippen molar-refractivity contribution >= 4 is 0 Å². The second-order valence-corrected chi connectivity index (χ2v) is 4.24. The predicted octanol–water partition coefficient (Wildman–Crippen LogP) is 3.52. The minimum atomic E-state index is 0.671. The van der Waals surface area contributed by atoms with Gasteiger partial charge in [-0.3, -0.25) is 0 Å². The van der Waals surface area contributed by atoms with Crippen molar-refractivity contribution in [2.24, 2.45) is 11.8 Å². The van der Waals surface area contributed by atoms with Crippen LogP contribution in [-0.4, -0.2) is 19.0 Å². The summed E-state index contributed by atoms with van der Waals surface area (Å²) in [6, 6.07) is 0. The lowest BCUT2D eigenvalue weighted by molar-refractivity contribution is 0.345. The fraction of sp³-hybridized carbons (Fsp3) is 0.833. The van der Waals surface area contributed by atoms with Gasteiger partial charge < -0.3 is 4.90 Å². The van der Waals surface area contributed by atoms with Crippen LogP contribution >= 0.6 is 0 Å². The van der Waals surface area contributed by atoms with Gasteiger partial charge in [0.2, 0.25) is 0 Å². The third-order valence-electron chi connectivity index (χ3n) is 2.92. The first kappa shape index (κ1) is 12.5. The number of allylic oxidation sites excluding steroid dienone is 1. The van der Waals surface area contributed by atoms with Crippen LogP contribution in [0.1, 0.15) is 40.0 Å². The van der Waals surface area contributed by atoms with E-state index in [1.165, 1.54) is 25.0 Å². The van der Waals surface area contributed by atoms with Crippen molar-refractivity contribution in [2.45, 2.75) is 40.0 Å². The highest BCUT2D eigenvalue weighted by atomic mass is 15.1. The molecule has 0 N–H and O–H groups in total. The summed E-state index contributed by atoms with van der Waals surface area (Å²) in [5, 5.41) is 0. The van der Waals surface area contributed by atoms with Crippen LogP contribution in [0, 0.1) is 11.8 Å². The van der Waals surface area contributed by atoms with E-state index in [1.807, 2.05) is 0 Å². The Balaban J connectivity index is 4.10. The Morgan fingerprint density at radius 2 is 1.77 bits per heavy atom. The quantitative estimate of drug-likeness (QED) is 0.609. The van der Waals surface area contributed by atoms with E-state index in [0.717, 1.165) is 5.92 Å². The molecule has 1 heteroatoms. The van der Waals surface area contributed by atoms with Crippen molar-refractivity contribution in [3.63, 3.8) is 0 Å². The molecule has 0 saturated carbocycles. The molecule has 2 atom stereocenters. The Morgan fingerprint density at radius 1 is 1.23 bits per heavy atom. The molecule has 0 saturated heterocycles. The van der Waals surface area contributed by atoms with Crippen molar-refractivity contribution in [3.05, 3.63) is 12.3 Å². The average molecular weight is 183 g/mol. The molecule has 0 fully saturated rings. The van der Waals surface area contributed by atoms with Gasteiger partial charge in [0, 0.05) is 19.8 Å². The van der Waals surface area contributed by atoms with E-state index in [0.29, 0.717) is 5.92 Å². The second kappa shape index (κ2) is 6.06. The van der Waals surface area contributed by atoms with Crippen molar-refractivity contribution in [1.29, 1.82) is 0 Å². The summed E-state index contributed by atoms with van der Waals surface area (Å²) in [6.45, 7) is 11.0. The maximum Gasteiger partial charge on any atom is 0.00859 e. The molecule has 0 aromatic carbocycles. The van der Waals surface area contributed by atoms with Crippen LogP contribution in [0.4, 0.5) is 0 Å². The minimum Gasteiger partial charge on any atom is -0.381 e. The van der Waals surface area contributed by atoms with E-state index >= 15 is 0 Å². The highest BCUT2D eigenvalue weighted by Gasteiger charge is 2.14. The molecular formula is C12H25N. The van der Waals surface area contributed by atoms with Gasteiger partial charge >= 0.3 is 0 Å². The van der Waals surface area contributed by atoms with Crippen LogP contribution in [0.15, 0.2) is 12.3 Å². The third-order valence-corrected chi connectivity index (χ3v) is 2.92. The summed E-state index contributed by atoms with van der Waals surface area (Å²) in [4.78, 5) is 2.15. The van der Waals surface area contributed by atoms with Crippen molar-refractivity contribution < 1.29 is 0 Å². The van der Waals surface area contributed by atoms with Gasteiger partial charge in [0.25, 0.3) is 0 Å². The molecule has 2 unspecified atom stereocenters. The number of hydrogen-bond acceptors (Lipinski definition) is 1. The Bertz CT molecular complexity index is 149. The summed E-state index contributed by atoms with van der Waals surface area (Å²) >= 11 is 0. The Labute approximate surface area is 83.8 Å². The van der Waals surface area contributed by atoms with Gasteiger partial charge in [0.15, 0.2) is 0 Å². The van der Waals surface area contributed by atoms with Gasteiger partial charge in [-0.2, -0.15) is 0 Å². The lowest BCUT2D eigenvalue weighted by atomic mass is 9.90. The molecule has 0 aromatic heterocycles. The molecular weight excluding hydrogens is 158 g/mol. The standard InChI is InChI=1S/C12H25N/c1-7-10(3)9-12(8-2)11(4)13(5)6/h10,12H,4,7-9H2,1-3,5-6H3. The molecule has 13 heavy (non-hydrogen) atoms. The number of nitrogens with zero attached hydrogens (tertiary/aromatic N) is 1. The molecule has 0 spiro atoms. The highest BCUT2D eigenvalue weighted by Crippen LogP contribution is 2.24. The number of rotatable bonds is 6. The van der Waals surface area contributed by atoms with E-state index in [9.17, 15) is 0 Å². The van der Waals surface area contributed by atoms with Crippen LogP contribution in [-0.2, 0) is 0 Å². The maximum atomic E-state index is 4.14.